The first-order valence-corrected chi connectivity index (χ1v) is 12.6. The van der Waals surface area contributed by atoms with Crippen molar-refractivity contribution in [1.29, 1.82) is 0 Å². The SMILES string of the molecule is COC1=CC(=O)c2c(c(-c3c(OC)cc4c(c3O)C(=O)c3c(O)cc(C)cc3C4=O)c3cc(C)cc(O)c3c2O)C1=O. The maximum atomic E-state index is 13.8. The number of aromatic hydroxyl groups is 4. The largest absolute Gasteiger partial charge is 0.507 e. The monoisotopic (exact) mass is 566 g/mol. The third-order valence-corrected chi connectivity index (χ3v) is 7.62. The number of rotatable bonds is 3. The number of methoxy groups -OCH3 is 2. The molecule has 0 aromatic heterocycles. The number of carbonyl (C=O) groups excluding carboxylic acids is 4. The molecule has 2 aliphatic carbocycles. The Hall–Kier alpha value is -5.64. The smallest absolute Gasteiger partial charge is 0.229 e. The number of aryl methyl sites for hydroxylation is 2. The van der Waals surface area contributed by atoms with Gasteiger partial charge in [-0.1, -0.05) is 6.07 Å². The van der Waals surface area contributed by atoms with Gasteiger partial charge in [0.2, 0.25) is 11.6 Å². The lowest BCUT2D eigenvalue weighted by Crippen LogP contribution is -2.23. The Kier molecular flexibility index (Phi) is 5.65. The summed E-state index contributed by atoms with van der Waals surface area (Å²) in [4.78, 5) is 54.3. The minimum atomic E-state index is -0.852. The van der Waals surface area contributed by atoms with Crippen LogP contribution in [0.1, 0.15) is 63.7 Å². The van der Waals surface area contributed by atoms with E-state index >= 15 is 0 Å². The van der Waals surface area contributed by atoms with E-state index in [2.05, 4.69) is 0 Å². The molecule has 210 valence electrons. The molecule has 10 nitrogen and oxygen atoms in total. The van der Waals surface area contributed by atoms with Crippen molar-refractivity contribution in [2.45, 2.75) is 13.8 Å². The minimum Gasteiger partial charge on any atom is -0.507 e. The summed E-state index contributed by atoms with van der Waals surface area (Å²) in [6.07, 6.45) is 0.902. The second-order valence-corrected chi connectivity index (χ2v) is 10.2. The molecule has 42 heavy (non-hydrogen) atoms. The fourth-order valence-corrected chi connectivity index (χ4v) is 5.89. The molecule has 0 aliphatic heterocycles. The number of phenolic OH excluding ortho intramolecular Hbond substituents is 4. The molecule has 0 saturated heterocycles. The lowest BCUT2D eigenvalue weighted by Gasteiger charge is -2.26. The fraction of sp³-hybridized carbons (Fsp3) is 0.125. The lowest BCUT2D eigenvalue weighted by atomic mass is 9.77. The van der Waals surface area contributed by atoms with E-state index in [-0.39, 0.29) is 55.7 Å². The van der Waals surface area contributed by atoms with Crippen molar-refractivity contribution in [3.63, 3.8) is 0 Å². The van der Waals surface area contributed by atoms with Gasteiger partial charge in [-0.25, -0.2) is 0 Å². The van der Waals surface area contributed by atoms with Crippen LogP contribution in [-0.4, -0.2) is 57.8 Å². The average Bonchev–Trinajstić information content (AvgIpc) is 2.92. The molecular formula is C32H22O10. The molecule has 0 fully saturated rings. The Morgan fingerprint density at radius 3 is 1.88 bits per heavy atom. The minimum absolute atomic E-state index is 0.0456. The predicted molar refractivity (Wildman–Crippen MR) is 149 cm³/mol. The Balaban J connectivity index is 1.82. The highest BCUT2D eigenvalue weighted by Crippen LogP contribution is 2.53. The van der Waals surface area contributed by atoms with E-state index in [1.165, 1.54) is 44.6 Å². The van der Waals surface area contributed by atoms with Crippen molar-refractivity contribution in [3.05, 3.63) is 86.7 Å². The van der Waals surface area contributed by atoms with E-state index < -0.39 is 57.3 Å². The summed E-state index contributed by atoms with van der Waals surface area (Å²) in [5.41, 5.74) is -1.20. The maximum absolute atomic E-state index is 13.8. The van der Waals surface area contributed by atoms with Gasteiger partial charge in [0, 0.05) is 28.3 Å². The Morgan fingerprint density at radius 2 is 1.21 bits per heavy atom. The van der Waals surface area contributed by atoms with Crippen molar-refractivity contribution >= 4 is 33.9 Å². The Morgan fingerprint density at radius 1 is 0.571 bits per heavy atom. The summed E-state index contributed by atoms with van der Waals surface area (Å²) in [7, 11) is 2.43. The molecule has 2 aliphatic rings. The van der Waals surface area contributed by atoms with Crippen LogP contribution in [-0.2, 0) is 4.74 Å². The normalized spacial score (nSPS) is 14.0. The third kappa shape index (κ3) is 3.38. The zero-order valence-electron chi connectivity index (χ0n) is 22.7. The summed E-state index contributed by atoms with van der Waals surface area (Å²) < 4.78 is 10.7. The van der Waals surface area contributed by atoms with Crippen molar-refractivity contribution in [3.8, 4) is 39.9 Å². The molecule has 4 N–H and O–H groups in total. The van der Waals surface area contributed by atoms with Crippen LogP contribution in [0, 0.1) is 13.8 Å². The number of benzene rings is 4. The van der Waals surface area contributed by atoms with Gasteiger partial charge in [0.25, 0.3) is 0 Å². The molecule has 6 rings (SSSR count). The maximum Gasteiger partial charge on any atom is 0.229 e. The van der Waals surface area contributed by atoms with Crippen LogP contribution in [0.5, 0.6) is 28.7 Å². The molecule has 0 amide bonds. The van der Waals surface area contributed by atoms with Crippen molar-refractivity contribution in [1.82, 2.24) is 0 Å². The third-order valence-electron chi connectivity index (χ3n) is 7.62. The summed E-state index contributed by atoms with van der Waals surface area (Å²) in [6, 6.07) is 6.86. The number of hydrogen-bond acceptors (Lipinski definition) is 10. The molecule has 0 heterocycles. The number of allylic oxidation sites excluding steroid dienone is 2. The quantitative estimate of drug-likeness (QED) is 0.241. The number of ether oxygens (including phenoxy) is 2. The first-order valence-electron chi connectivity index (χ1n) is 12.6. The highest BCUT2D eigenvalue weighted by atomic mass is 16.5. The number of phenols is 4. The van der Waals surface area contributed by atoms with Crippen LogP contribution < -0.4 is 4.74 Å². The van der Waals surface area contributed by atoms with E-state index in [1.54, 1.807) is 13.8 Å². The zero-order valence-corrected chi connectivity index (χ0v) is 22.7. The van der Waals surface area contributed by atoms with Gasteiger partial charge in [0.1, 0.15) is 28.7 Å². The van der Waals surface area contributed by atoms with Crippen LogP contribution in [0.25, 0.3) is 21.9 Å². The van der Waals surface area contributed by atoms with Gasteiger partial charge in [-0.3, -0.25) is 19.2 Å². The summed E-state index contributed by atoms with van der Waals surface area (Å²) in [5, 5.41) is 44.3. The highest BCUT2D eigenvalue weighted by molar-refractivity contribution is 6.34. The van der Waals surface area contributed by atoms with E-state index in [4.69, 9.17) is 9.47 Å². The van der Waals surface area contributed by atoms with Crippen LogP contribution in [0.2, 0.25) is 0 Å². The molecule has 0 spiro atoms. The fourth-order valence-electron chi connectivity index (χ4n) is 5.89. The van der Waals surface area contributed by atoms with Crippen LogP contribution >= 0.6 is 0 Å². The summed E-state index contributed by atoms with van der Waals surface area (Å²) in [5.74, 6) is -5.91. The Bertz CT molecular complexity index is 2030. The molecule has 10 heteroatoms. The summed E-state index contributed by atoms with van der Waals surface area (Å²) >= 11 is 0. The molecular weight excluding hydrogens is 544 g/mol. The first-order chi connectivity index (χ1) is 19.9. The highest BCUT2D eigenvalue weighted by Gasteiger charge is 2.41. The predicted octanol–water partition coefficient (Wildman–Crippen LogP) is 4.64. The standard InChI is InChI=1S/C32H22O10/c1-11-5-13-21(16(33)7-11)31(39)25-18(35)10-20(42-4)29(37)27(25)23(13)26-19(41-3)9-15-24(32(26)40)30(38)22-14(28(15)36)6-12(2)8-17(22)34/h5-10,33-34,39-40H,1-4H3. The van der Waals surface area contributed by atoms with Gasteiger partial charge in [0.15, 0.2) is 17.3 Å². The molecule has 0 bridgehead atoms. The molecule has 4 aromatic carbocycles. The molecule has 0 radical (unpaired) electrons. The molecule has 0 atom stereocenters. The van der Waals surface area contributed by atoms with Gasteiger partial charge in [-0.2, -0.15) is 0 Å². The second-order valence-electron chi connectivity index (χ2n) is 10.2. The topological polar surface area (TPSA) is 168 Å². The zero-order chi connectivity index (χ0) is 30.4. The van der Waals surface area contributed by atoms with Crippen molar-refractivity contribution in [2.24, 2.45) is 0 Å². The van der Waals surface area contributed by atoms with E-state index in [0.29, 0.717) is 11.1 Å². The Labute approximate surface area is 237 Å². The number of Topliss-reactive ketones (excluding diaryl/α,β-unsaturated/α-hetero) is 1. The van der Waals surface area contributed by atoms with Crippen LogP contribution in [0.4, 0.5) is 0 Å². The number of ketones is 4. The van der Waals surface area contributed by atoms with Gasteiger partial charge in [0.05, 0.1) is 41.9 Å². The number of fused-ring (bicyclic) bond motifs is 4. The van der Waals surface area contributed by atoms with Crippen LogP contribution in [0.3, 0.4) is 0 Å². The van der Waals surface area contributed by atoms with Gasteiger partial charge in [-0.05, 0) is 54.6 Å². The first kappa shape index (κ1) is 26.6. The van der Waals surface area contributed by atoms with Crippen LogP contribution in [0.15, 0.2) is 42.2 Å². The molecule has 0 saturated carbocycles. The second kappa shape index (κ2) is 8.93. The van der Waals surface area contributed by atoms with E-state index in [1.807, 2.05) is 0 Å². The van der Waals surface area contributed by atoms with E-state index in [0.717, 1.165) is 6.08 Å². The number of carbonyl (C=O) groups is 4. The summed E-state index contributed by atoms with van der Waals surface area (Å²) in [6.45, 7) is 3.28. The van der Waals surface area contributed by atoms with E-state index in [9.17, 15) is 39.6 Å². The number of hydrogen-bond donors (Lipinski definition) is 4. The van der Waals surface area contributed by atoms with Gasteiger partial charge in [-0.15, -0.1) is 0 Å². The average molecular weight is 567 g/mol. The lowest BCUT2D eigenvalue weighted by molar-refractivity contribution is 0.0916. The van der Waals surface area contributed by atoms with Gasteiger partial charge >= 0.3 is 0 Å². The molecule has 0 unspecified atom stereocenters. The molecule has 4 aromatic rings. The van der Waals surface area contributed by atoms with Crippen molar-refractivity contribution in [2.75, 3.05) is 14.2 Å². The van der Waals surface area contributed by atoms with Crippen molar-refractivity contribution < 1.29 is 49.1 Å². The van der Waals surface area contributed by atoms with Gasteiger partial charge < -0.3 is 29.9 Å².